The van der Waals surface area contributed by atoms with Crippen molar-refractivity contribution in [3.8, 4) is 16.9 Å². The first-order valence-electron chi connectivity index (χ1n) is 10.1. The van der Waals surface area contributed by atoms with Gasteiger partial charge in [0.1, 0.15) is 12.4 Å². The Morgan fingerprint density at radius 1 is 1.03 bits per heavy atom. The molecule has 6 nitrogen and oxygen atoms in total. The molecule has 0 spiro atoms. The second-order valence-corrected chi connectivity index (χ2v) is 8.25. The van der Waals surface area contributed by atoms with E-state index in [0.717, 1.165) is 34.9 Å². The second-order valence-electron chi connectivity index (χ2n) is 7.33. The molecule has 2 amide bonds. The third-order valence-electron chi connectivity index (χ3n) is 5.18. The Balaban J connectivity index is 1.44. The lowest BCUT2D eigenvalue weighted by Crippen LogP contribution is -2.43. The zero-order valence-corrected chi connectivity index (χ0v) is 17.8. The lowest BCUT2D eigenvalue weighted by Gasteiger charge is -2.25. The summed E-state index contributed by atoms with van der Waals surface area (Å²) in [5.74, 6) is 0.725. The minimum Gasteiger partial charge on any atom is -0.491 e. The van der Waals surface area contributed by atoms with Crippen molar-refractivity contribution in [2.75, 3.05) is 18.1 Å². The fraction of sp³-hybridized carbons (Fsp3) is 0.208. The molecule has 0 bridgehead atoms. The Bertz CT molecular complexity index is 1040. The van der Waals surface area contributed by atoms with Gasteiger partial charge in [-0.3, -0.25) is 19.5 Å². The predicted molar refractivity (Wildman–Crippen MR) is 123 cm³/mol. The van der Waals surface area contributed by atoms with E-state index in [1.54, 1.807) is 12.4 Å². The molecular formula is C24H23N3O3S. The summed E-state index contributed by atoms with van der Waals surface area (Å²) in [6.07, 6.45) is 4.84. The number of carbonyl (C=O) groups is 2. The standard InChI is InChI=1S/C24H23N3O3S/c25-20-3-1-2-19(14-20)18-5-8-22(9-6-18)30-15-21(27-23(28)16-31-24(27)29)7-4-17-10-12-26-13-11-17/h1-3,5-6,8-14,21H,4,7,15-16,25H2. The zero-order valence-electron chi connectivity index (χ0n) is 16.9. The van der Waals surface area contributed by atoms with Gasteiger partial charge < -0.3 is 10.5 Å². The smallest absolute Gasteiger partial charge is 0.289 e. The quantitative estimate of drug-likeness (QED) is 0.530. The van der Waals surface area contributed by atoms with Crippen molar-refractivity contribution in [3.63, 3.8) is 0 Å². The summed E-state index contributed by atoms with van der Waals surface area (Å²) in [6.45, 7) is 0.251. The highest BCUT2D eigenvalue weighted by molar-refractivity contribution is 8.14. The minimum absolute atomic E-state index is 0.157. The van der Waals surface area contributed by atoms with Gasteiger partial charge in [0.05, 0.1) is 11.8 Å². The van der Waals surface area contributed by atoms with Crippen LogP contribution in [0.5, 0.6) is 5.75 Å². The summed E-state index contributed by atoms with van der Waals surface area (Å²) in [5, 5.41) is -0.203. The van der Waals surface area contributed by atoms with Crippen LogP contribution in [0.15, 0.2) is 73.1 Å². The molecule has 2 heterocycles. The molecule has 2 N–H and O–H groups in total. The molecule has 1 atom stereocenters. The van der Waals surface area contributed by atoms with Gasteiger partial charge in [-0.1, -0.05) is 36.0 Å². The van der Waals surface area contributed by atoms with E-state index < -0.39 is 0 Å². The van der Waals surface area contributed by atoms with Crippen molar-refractivity contribution < 1.29 is 14.3 Å². The third kappa shape index (κ3) is 5.24. The number of hydrogen-bond acceptors (Lipinski definition) is 6. The first-order chi connectivity index (χ1) is 15.1. The van der Waals surface area contributed by atoms with Gasteiger partial charge in [-0.2, -0.15) is 0 Å². The van der Waals surface area contributed by atoms with E-state index in [1.165, 1.54) is 4.90 Å². The van der Waals surface area contributed by atoms with Crippen molar-refractivity contribution in [3.05, 3.63) is 78.6 Å². The van der Waals surface area contributed by atoms with E-state index in [0.29, 0.717) is 17.9 Å². The maximum absolute atomic E-state index is 12.3. The van der Waals surface area contributed by atoms with Gasteiger partial charge in [0, 0.05) is 18.1 Å². The van der Waals surface area contributed by atoms with Crippen molar-refractivity contribution in [2.24, 2.45) is 0 Å². The van der Waals surface area contributed by atoms with Gasteiger partial charge >= 0.3 is 0 Å². The first kappa shape index (κ1) is 20.9. The highest BCUT2D eigenvalue weighted by atomic mass is 32.2. The van der Waals surface area contributed by atoms with Gasteiger partial charge in [-0.15, -0.1) is 0 Å². The van der Waals surface area contributed by atoms with Crippen LogP contribution in [0.25, 0.3) is 11.1 Å². The summed E-state index contributed by atoms with van der Waals surface area (Å²) < 4.78 is 5.99. The number of ether oxygens (including phenoxy) is 1. The molecule has 1 saturated heterocycles. The SMILES string of the molecule is Nc1cccc(-c2ccc(OCC(CCc3ccncc3)N3C(=O)CSC3=O)cc2)c1. The molecule has 0 radical (unpaired) electrons. The lowest BCUT2D eigenvalue weighted by atomic mass is 10.0. The summed E-state index contributed by atoms with van der Waals surface area (Å²) >= 11 is 1.05. The summed E-state index contributed by atoms with van der Waals surface area (Å²) in [6, 6.07) is 19.0. The van der Waals surface area contributed by atoms with Crippen LogP contribution in [0.4, 0.5) is 10.5 Å². The number of nitrogen functional groups attached to an aromatic ring is 1. The van der Waals surface area contributed by atoms with Crippen molar-refractivity contribution in [2.45, 2.75) is 18.9 Å². The Labute approximate surface area is 185 Å². The number of imide groups is 1. The molecular weight excluding hydrogens is 410 g/mol. The second kappa shape index (κ2) is 9.66. The molecule has 31 heavy (non-hydrogen) atoms. The zero-order chi connectivity index (χ0) is 21.6. The number of aromatic nitrogens is 1. The lowest BCUT2D eigenvalue weighted by molar-refractivity contribution is -0.126. The van der Waals surface area contributed by atoms with Crippen LogP contribution in [-0.2, 0) is 11.2 Å². The Morgan fingerprint density at radius 2 is 1.81 bits per heavy atom. The van der Waals surface area contributed by atoms with Crippen molar-refractivity contribution in [1.82, 2.24) is 9.88 Å². The Kier molecular flexibility index (Phi) is 6.52. The van der Waals surface area contributed by atoms with Gasteiger partial charge in [0.25, 0.3) is 5.24 Å². The highest BCUT2D eigenvalue weighted by Crippen LogP contribution is 2.26. The summed E-state index contributed by atoms with van der Waals surface area (Å²) in [7, 11) is 0. The fourth-order valence-corrected chi connectivity index (χ4v) is 4.32. The van der Waals surface area contributed by atoms with Crippen LogP contribution in [0.2, 0.25) is 0 Å². The van der Waals surface area contributed by atoms with E-state index in [-0.39, 0.29) is 29.5 Å². The van der Waals surface area contributed by atoms with E-state index in [2.05, 4.69) is 4.98 Å². The molecule has 0 aliphatic carbocycles. The number of amides is 2. The molecule has 4 rings (SSSR count). The molecule has 1 aliphatic heterocycles. The van der Waals surface area contributed by atoms with Crippen LogP contribution in [-0.4, -0.2) is 39.4 Å². The number of carbonyl (C=O) groups excluding carboxylic acids is 2. The molecule has 1 aliphatic rings. The maximum atomic E-state index is 12.3. The van der Waals surface area contributed by atoms with Gasteiger partial charge in [0.15, 0.2) is 0 Å². The van der Waals surface area contributed by atoms with Crippen LogP contribution < -0.4 is 10.5 Å². The molecule has 0 saturated carbocycles. The van der Waals surface area contributed by atoms with E-state index >= 15 is 0 Å². The number of anilines is 1. The normalized spacial score (nSPS) is 14.6. The van der Waals surface area contributed by atoms with Crippen LogP contribution in [0, 0.1) is 0 Å². The monoisotopic (exact) mass is 433 g/mol. The molecule has 2 aromatic carbocycles. The van der Waals surface area contributed by atoms with Gasteiger partial charge in [-0.05, 0) is 65.9 Å². The van der Waals surface area contributed by atoms with Crippen molar-refractivity contribution >= 4 is 28.6 Å². The summed E-state index contributed by atoms with van der Waals surface area (Å²) in [5.41, 5.74) is 9.77. The number of rotatable bonds is 8. The molecule has 7 heteroatoms. The van der Waals surface area contributed by atoms with Gasteiger partial charge in [-0.25, -0.2) is 0 Å². The molecule has 1 unspecified atom stereocenters. The molecule has 1 aromatic heterocycles. The average molecular weight is 434 g/mol. The third-order valence-corrected chi connectivity index (χ3v) is 6.02. The van der Waals surface area contributed by atoms with Crippen LogP contribution in [0.3, 0.4) is 0 Å². The Hall–Kier alpha value is -3.32. The van der Waals surface area contributed by atoms with Crippen LogP contribution >= 0.6 is 11.8 Å². The first-order valence-corrected chi connectivity index (χ1v) is 11.1. The van der Waals surface area contributed by atoms with E-state index in [4.69, 9.17) is 10.5 Å². The molecule has 158 valence electrons. The number of nitrogens with zero attached hydrogens (tertiary/aromatic N) is 2. The predicted octanol–water partition coefficient (Wildman–Crippen LogP) is 4.41. The van der Waals surface area contributed by atoms with E-state index in [1.807, 2.05) is 60.7 Å². The highest BCUT2D eigenvalue weighted by Gasteiger charge is 2.36. The summed E-state index contributed by atoms with van der Waals surface area (Å²) in [4.78, 5) is 29.9. The maximum Gasteiger partial charge on any atom is 0.289 e. The number of thioether (sulfide) groups is 1. The fourth-order valence-electron chi connectivity index (χ4n) is 3.54. The largest absolute Gasteiger partial charge is 0.491 e. The van der Waals surface area contributed by atoms with E-state index in [9.17, 15) is 9.59 Å². The van der Waals surface area contributed by atoms with Crippen LogP contribution in [0.1, 0.15) is 12.0 Å². The topological polar surface area (TPSA) is 85.5 Å². The van der Waals surface area contributed by atoms with Crippen molar-refractivity contribution in [1.29, 1.82) is 0 Å². The molecule has 3 aromatic rings. The average Bonchev–Trinajstić information content (AvgIpc) is 3.13. The number of hydrogen-bond donors (Lipinski definition) is 1. The van der Waals surface area contributed by atoms with Gasteiger partial charge in [0.2, 0.25) is 5.91 Å². The number of benzene rings is 2. The molecule has 1 fully saturated rings. The minimum atomic E-state index is -0.322. The Morgan fingerprint density at radius 3 is 2.48 bits per heavy atom. The number of pyridine rings is 1. The number of nitrogens with two attached hydrogens (primary N) is 1. The number of aryl methyl sites for hydroxylation is 1.